The molecule has 0 aliphatic carbocycles. The minimum absolute atomic E-state index is 0.815. The second-order valence-electron chi connectivity index (χ2n) is 3.92. The maximum absolute atomic E-state index is 5.40. The van der Waals surface area contributed by atoms with Crippen LogP contribution in [0.15, 0.2) is 28.9 Å². The number of nitrogens with one attached hydrogen (secondary N) is 1. The molecule has 0 bridgehead atoms. The van der Waals surface area contributed by atoms with Gasteiger partial charge in [0.2, 0.25) is 5.95 Å². The van der Waals surface area contributed by atoms with Crippen LogP contribution >= 0.6 is 15.9 Å². The van der Waals surface area contributed by atoms with Crippen molar-refractivity contribution in [3.8, 4) is 11.4 Å². The SMILES string of the molecule is CCNc1nc(C)cn1-c1cc(Br)ccc1OC. The molecule has 96 valence electrons. The van der Waals surface area contributed by atoms with Crippen molar-refractivity contribution in [2.24, 2.45) is 0 Å². The number of imidazole rings is 1. The highest BCUT2D eigenvalue weighted by molar-refractivity contribution is 9.10. The lowest BCUT2D eigenvalue weighted by Gasteiger charge is -2.12. The van der Waals surface area contributed by atoms with Gasteiger partial charge in [-0.1, -0.05) is 15.9 Å². The molecule has 0 radical (unpaired) electrons. The van der Waals surface area contributed by atoms with Crippen LogP contribution in [0.1, 0.15) is 12.6 Å². The average Bonchev–Trinajstić information content (AvgIpc) is 2.71. The van der Waals surface area contributed by atoms with Crippen molar-refractivity contribution in [1.82, 2.24) is 9.55 Å². The highest BCUT2D eigenvalue weighted by atomic mass is 79.9. The molecule has 0 amide bonds. The van der Waals surface area contributed by atoms with Crippen molar-refractivity contribution >= 4 is 21.9 Å². The van der Waals surface area contributed by atoms with Crippen molar-refractivity contribution in [2.75, 3.05) is 19.0 Å². The fourth-order valence-corrected chi connectivity index (χ4v) is 2.16. The van der Waals surface area contributed by atoms with Gasteiger partial charge in [-0.2, -0.15) is 0 Å². The molecule has 0 saturated heterocycles. The average molecular weight is 310 g/mol. The van der Waals surface area contributed by atoms with E-state index in [4.69, 9.17) is 4.74 Å². The molecule has 0 aliphatic heterocycles. The van der Waals surface area contributed by atoms with Crippen LogP contribution in [-0.4, -0.2) is 23.2 Å². The molecule has 4 nitrogen and oxygen atoms in total. The number of methoxy groups -OCH3 is 1. The summed E-state index contributed by atoms with van der Waals surface area (Å²) in [5.41, 5.74) is 1.93. The number of rotatable bonds is 4. The molecule has 2 aromatic rings. The first kappa shape index (κ1) is 13.0. The quantitative estimate of drug-likeness (QED) is 0.941. The van der Waals surface area contributed by atoms with Crippen molar-refractivity contribution in [3.63, 3.8) is 0 Å². The van der Waals surface area contributed by atoms with Crippen LogP contribution in [0.25, 0.3) is 5.69 Å². The second-order valence-corrected chi connectivity index (χ2v) is 4.84. The molecule has 1 aromatic carbocycles. The Kier molecular flexibility index (Phi) is 3.91. The summed E-state index contributed by atoms with van der Waals surface area (Å²) in [4.78, 5) is 4.46. The smallest absolute Gasteiger partial charge is 0.207 e. The van der Waals surface area contributed by atoms with E-state index in [9.17, 15) is 0 Å². The zero-order valence-electron chi connectivity index (χ0n) is 10.7. The maximum atomic E-state index is 5.40. The van der Waals surface area contributed by atoms with Crippen LogP contribution in [0, 0.1) is 6.92 Å². The molecular weight excluding hydrogens is 294 g/mol. The van der Waals surface area contributed by atoms with Crippen LogP contribution < -0.4 is 10.1 Å². The lowest BCUT2D eigenvalue weighted by atomic mass is 10.3. The molecule has 0 aliphatic rings. The molecule has 5 heteroatoms. The summed E-state index contributed by atoms with van der Waals surface area (Å²) in [7, 11) is 1.67. The minimum Gasteiger partial charge on any atom is -0.495 e. The van der Waals surface area contributed by atoms with E-state index in [2.05, 4.69) is 26.2 Å². The van der Waals surface area contributed by atoms with Crippen LogP contribution in [0.3, 0.4) is 0 Å². The Balaban J connectivity index is 2.56. The number of aromatic nitrogens is 2. The predicted molar refractivity (Wildman–Crippen MR) is 76.7 cm³/mol. The fourth-order valence-electron chi connectivity index (χ4n) is 1.82. The van der Waals surface area contributed by atoms with Crippen LogP contribution in [-0.2, 0) is 0 Å². The van der Waals surface area contributed by atoms with Gasteiger partial charge in [0, 0.05) is 17.2 Å². The van der Waals surface area contributed by atoms with Crippen LogP contribution in [0.4, 0.5) is 5.95 Å². The number of anilines is 1. The first-order chi connectivity index (χ1) is 8.65. The predicted octanol–water partition coefficient (Wildman–Crippen LogP) is 3.38. The standard InChI is InChI=1S/C13H16BrN3O/c1-4-15-13-16-9(2)8-17(13)11-7-10(14)5-6-12(11)18-3/h5-8H,4H2,1-3H3,(H,15,16). The molecule has 0 unspecified atom stereocenters. The van der Waals surface area contributed by atoms with Gasteiger partial charge >= 0.3 is 0 Å². The van der Waals surface area contributed by atoms with Crippen molar-refractivity contribution in [3.05, 3.63) is 34.6 Å². The largest absolute Gasteiger partial charge is 0.495 e. The Morgan fingerprint density at radius 2 is 2.22 bits per heavy atom. The lowest BCUT2D eigenvalue weighted by Crippen LogP contribution is -2.06. The van der Waals surface area contributed by atoms with Crippen molar-refractivity contribution < 1.29 is 4.74 Å². The van der Waals surface area contributed by atoms with E-state index in [-0.39, 0.29) is 0 Å². The second kappa shape index (κ2) is 5.44. The van der Waals surface area contributed by atoms with Gasteiger partial charge in [-0.25, -0.2) is 4.98 Å². The first-order valence-corrected chi connectivity index (χ1v) is 6.58. The van der Waals surface area contributed by atoms with Crippen molar-refractivity contribution in [1.29, 1.82) is 0 Å². The molecule has 18 heavy (non-hydrogen) atoms. The summed E-state index contributed by atoms with van der Waals surface area (Å²) >= 11 is 3.48. The molecule has 1 heterocycles. The summed E-state index contributed by atoms with van der Waals surface area (Å²) in [5.74, 6) is 1.64. The number of hydrogen-bond acceptors (Lipinski definition) is 3. The van der Waals surface area contributed by atoms with Gasteiger partial charge in [-0.05, 0) is 32.0 Å². The highest BCUT2D eigenvalue weighted by Gasteiger charge is 2.11. The Morgan fingerprint density at radius 1 is 1.44 bits per heavy atom. The zero-order chi connectivity index (χ0) is 13.1. The normalized spacial score (nSPS) is 10.4. The van der Waals surface area contributed by atoms with Crippen LogP contribution in [0.5, 0.6) is 5.75 Å². The molecular formula is C13H16BrN3O. The van der Waals surface area contributed by atoms with E-state index in [0.717, 1.165) is 34.1 Å². The Labute approximate surface area is 115 Å². The topological polar surface area (TPSA) is 39.1 Å². The van der Waals surface area contributed by atoms with E-state index in [1.165, 1.54) is 0 Å². The zero-order valence-corrected chi connectivity index (χ0v) is 12.3. The van der Waals surface area contributed by atoms with Gasteiger partial charge < -0.3 is 10.1 Å². The number of aryl methyl sites for hydroxylation is 1. The van der Waals surface area contributed by atoms with Gasteiger partial charge in [0.25, 0.3) is 0 Å². The van der Waals surface area contributed by atoms with Gasteiger partial charge in [0.15, 0.2) is 0 Å². The Bertz CT molecular complexity index is 551. The van der Waals surface area contributed by atoms with Crippen molar-refractivity contribution in [2.45, 2.75) is 13.8 Å². The number of hydrogen-bond donors (Lipinski definition) is 1. The Morgan fingerprint density at radius 3 is 2.89 bits per heavy atom. The molecule has 1 N–H and O–H groups in total. The summed E-state index contributed by atoms with van der Waals surface area (Å²) in [6.07, 6.45) is 1.99. The monoisotopic (exact) mass is 309 g/mol. The number of nitrogens with zero attached hydrogens (tertiary/aromatic N) is 2. The van der Waals surface area contributed by atoms with Gasteiger partial charge in [-0.3, -0.25) is 4.57 Å². The molecule has 0 fully saturated rings. The summed E-state index contributed by atoms with van der Waals surface area (Å²) in [6.45, 7) is 4.85. The molecule has 0 spiro atoms. The maximum Gasteiger partial charge on any atom is 0.207 e. The summed E-state index contributed by atoms with van der Waals surface area (Å²) in [5, 5.41) is 3.25. The van der Waals surface area contributed by atoms with E-state index in [1.54, 1.807) is 7.11 Å². The number of benzene rings is 1. The van der Waals surface area contributed by atoms with Gasteiger partial charge in [0.05, 0.1) is 18.5 Å². The van der Waals surface area contributed by atoms with E-state index >= 15 is 0 Å². The van der Waals surface area contributed by atoms with E-state index in [1.807, 2.05) is 42.8 Å². The van der Waals surface area contributed by atoms with E-state index in [0.29, 0.717) is 0 Å². The third-order valence-corrected chi connectivity index (χ3v) is 3.05. The summed E-state index contributed by atoms with van der Waals surface area (Å²) in [6, 6.07) is 5.91. The highest BCUT2D eigenvalue weighted by Crippen LogP contribution is 2.29. The Hall–Kier alpha value is -1.49. The van der Waals surface area contributed by atoms with Crippen LogP contribution in [0.2, 0.25) is 0 Å². The molecule has 2 rings (SSSR count). The molecule has 0 saturated carbocycles. The number of halogens is 1. The van der Waals surface area contributed by atoms with Gasteiger partial charge in [-0.15, -0.1) is 0 Å². The first-order valence-electron chi connectivity index (χ1n) is 5.79. The summed E-state index contributed by atoms with van der Waals surface area (Å²) < 4.78 is 8.41. The number of ether oxygens (including phenoxy) is 1. The third kappa shape index (κ3) is 2.51. The minimum atomic E-state index is 0.815. The lowest BCUT2D eigenvalue weighted by molar-refractivity contribution is 0.413. The van der Waals surface area contributed by atoms with E-state index < -0.39 is 0 Å². The van der Waals surface area contributed by atoms with Gasteiger partial charge in [0.1, 0.15) is 5.75 Å². The fraction of sp³-hybridized carbons (Fsp3) is 0.308. The molecule has 1 aromatic heterocycles. The molecule has 0 atom stereocenters. The third-order valence-electron chi connectivity index (χ3n) is 2.56.